The van der Waals surface area contributed by atoms with Crippen molar-refractivity contribution in [3.8, 4) is 11.5 Å². The first-order valence-corrected chi connectivity index (χ1v) is 7.69. The SMILES string of the molecule is COc1ccc2c(c1)OCC(NC(=O)N1CCCOCC1)C2. The minimum absolute atomic E-state index is 0.00225. The minimum atomic E-state index is -0.0314. The lowest BCUT2D eigenvalue weighted by molar-refractivity contribution is 0.140. The third kappa shape index (κ3) is 3.44. The zero-order valence-corrected chi connectivity index (χ0v) is 12.8. The van der Waals surface area contributed by atoms with Crippen molar-refractivity contribution in [3.63, 3.8) is 0 Å². The van der Waals surface area contributed by atoms with Crippen molar-refractivity contribution in [1.29, 1.82) is 0 Å². The van der Waals surface area contributed by atoms with Crippen LogP contribution >= 0.6 is 0 Å². The van der Waals surface area contributed by atoms with E-state index in [1.54, 1.807) is 7.11 Å². The van der Waals surface area contributed by atoms with E-state index in [4.69, 9.17) is 14.2 Å². The molecule has 2 heterocycles. The van der Waals surface area contributed by atoms with Gasteiger partial charge in [-0.2, -0.15) is 0 Å². The van der Waals surface area contributed by atoms with Gasteiger partial charge in [0.15, 0.2) is 0 Å². The summed E-state index contributed by atoms with van der Waals surface area (Å²) in [5.74, 6) is 1.62. The van der Waals surface area contributed by atoms with Crippen molar-refractivity contribution in [1.82, 2.24) is 10.2 Å². The Bertz CT molecular complexity index is 527. The van der Waals surface area contributed by atoms with Crippen LogP contribution in [0.25, 0.3) is 0 Å². The maximum Gasteiger partial charge on any atom is 0.317 e. The van der Waals surface area contributed by atoms with Crippen LogP contribution in [0.2, 0.25) is 0 Å². The number of rotatable bonds is 2. The lowest BCUT2D eigenvalue weighted by Gasteiger charge is -2.29. The molecule has 1 atom stereocenters. The molecule has 0 aliphatic carbocycles. The lowest BCUT2D eigenvalue weighted by atomic mass is 10.0. The fraction of sp³-hybridized carbons (Fsp3) is 0.562. The second-order valence-corrected chi connectivity index (χ2v) is 5.59. The molecule has 0 spiro atoms. The van der Waals surface area contributed by atoms with Gasteiger partial charge in [-0.25, -0.2) is 4.79 Å². The number of carbonyl (C=O) groups excluding carboxylic acids is 1. The summed E-state index contributed by atoms with van der Waals surface area (Å²) < 4.78 is 16.3. The molecule has 1 unspecified atom stereocenters. The molecule has 2 aliphatic heterocycles. The predicted molar refractivity (Wildman–Crippen MR) is 81.5 cm³/mol. The standard InChI is InChI=1S/C16H22N2O4/c1-20-14-4-3-12-9-13(11-22-15(12)10-14)17-16(19)18-5-2-7-21-8-6-18/h3-4,10,13H,2,5-9,11H2,1H3,(H,17,19). The number of urea groups is 1. The van der Waals surface area contributed by atoms with Gasteiger partial charge in [0.2, 0.25) is 0 Å². The smallest absolute Gasteiger partial charge is 0.317 e. The lowest BCUT2D eigenvalue weighted by Crippen LogP contribution is -2.49. The molecule has 6 nitrogen and oxygen atoms in total. The van der Waals surface area contributed by atoms with Crippen molar-refractivity contribution >= 4 is 6.03 Å². The second kappa shape index (κ2) is 6.87. The Hall–Kier alpha value is -1.95. The fourth-order valence-corrected chi connectivity index (χ4v) is 2.79. The molecule has 0 radical (unpaired) electrons. The second-order valence-electron chi connectivity index (χ2n) is 5.59. The van der Waals surface area contributed by atoms with Gasteiger partial charge in [0.25, 0.3) is 0 Å². The summed E-state index contributed by atoms with van der Waals surface area (Å²) in [5.41, 5.74) is 1.09. The molecule has 1 N–H and O–H groups in total. The van der Waals surface area contributed by atoms with Crippen molar-refractivity contribution in [2.75, 3.05) is 40.0 Å². The summed E-state index contributed by atoms with van der Waals surface area (Å²) in [7, 11) is 1.64. The van der Waals surface area contributed by atoms with E-state index in [1.807, 2.05) is 23.1 Å². The maximum absolute atomic E-state index is 12.3. The molecule has 0 bridgehead atoms. The van der Waals surface area contributed by atoms with E-state index in [1.165, 1.54) is 0 Å². The summed E-state index contributed by atoms with van der Waals surface area (Å²) in [6.45, 7) is 3.21. The number of hydrogen-bond donors (Lipinski definition) is 1. The molecule has 2 amide bonds. The van der Waals surface area contributed by atoms with Gasteiger partial charge in [0.05, 0.1) is 19.8 Å². The number of nitrogens with one attached hydrogen (secondary N) is 1. The predicted octanol–water partition coefficient (Wildman–Crippen LogP) is 1.43. The first kappa shape index (κ1) is 15.0. The van der Waals surface area contributed by atoms with Crippen LogP contribution in [-0.2, 0) is 11.2 Å². The molecular weight excluding hydrogens is 284 g/mol. The summed E-state index contributed by atoms with van der Waals surface area (Å²) in [6.07, 6.45) is 1.66. The number of ether oxygens (including phenoxy) is 3. The van der Waals surface area contributed by atoms with Crippen LogP contribution in [0.1, 0.15) is 12.0 Å². The molecule has 1 aromatic rings. The maximum atomic E-state index is 12.3. The Morgan fingerprint density at radius 1 is 1.36 bits per heavy atom. The molecule has 6 heteroatoms. The van der Waals surface area contributed by atoms with Crippen molar-refractivity contribution < 1.29 is 19.0 Å². The van der Waals surface area contributed by atoms with Crippen molar-refractivity contribution in [3.05, 3.63) is 23.8 Å². The molecule has 1 saturated heterocycles. The summed E-state index contributed by atoms with van der Waals surface area (Å²) in [5, 5.41) is 3.06. The normalized spacial score (nSPS) is 21.3. The summed E-state index contributed by atoms with van der Waals surface area (Å²) in [4.78, 5) is 14.1. The van der Waals surface area contributed by atoms with Crippen LogP contribution in [0.3, 0.4) is 0 Å². The third-order valence-electron chi connectivity index (χ3n) is 4.02. The zero-order chi connectivity index (χ0) is 15.4. The molecular formula is C16H22N2O4. The average Bonchev–Trinajstić information content (AvgIpc) is 2.83. The number of methoxy groups -OCH3 is 1. The monoisotopic (exact) mass is 306 g/mol. The number of amides is 2. The van der Waals surface area contributed by atoms with Crippen LogP contribution in [0.4, 0.5) is 4.79 Å². The average molecular weight is 306 g/mol. The molecule has 0 saturated carbocycles. The first-order valence-electron chi connectivity index (χ1n) is 7.69. The van der Waals surface area contributed by atoms with Crippen molar-refractivity contribution in [2.45, 2.75) is 18.9 Å². The van der Waals surface area contributed by atoms with Gasteiger partial charge in [0, 0.05) is 25.8 Å². The van der Waals surface area contributed by atoms with E-state index >= 15 is 0 Å². The highest BCUT2D eigenvalue weighted by Gasteiger charge is 2.24. The molecule has 0 aromatic heterocycles. The Balaban J connectivity index is 1.58. The van der Waals surface area contributed by atoms with Crippen LogP contribution in [0, 0.1) is 0 Å². The van der Waals surface area contributed by atoms with Crippen LogP contribution < -0.4 is 14.8 Å². The van der Waals surface area contributed by atoms with E-state index in [-0.39, 0.29) is 12.1 Å². The van der Waals surface area contributed by atoms with Gasteiger partial charge in [0.1, 0.15) is 18.1 Å². The molecule has 1 fully saturated rings. The van der Waals surface area contributed by atoms with Gasteiger partial charge in [-0.1, -0.05) is 6.07 Å². The highest BCUT2D eigenvalue weighted by molar-refractivity contribution is 5.74. The van der Waals surface area contributed by atoms with Gasteiger partial charge in [-0.15, -0.1) is 0 Å². The van der Waals surface area contributed by atoms with Crippen LogP contribution in [0.5, 0.6) is 11.5 Å². The van der Waals surface area contributed by atoms with Gasteiger partial charge in [-0.05, 0) is 24.5 Å². The van der Waals surface area contributed by atoms with Crippen LogP contribution in [-0.4, -0.2) is 57.0 Å². The van der Waals surface area contributed by atoms with Gasteiger partial charge in [-0.3, -0.25) is 0 Å². The highest BCUT2D eigenvalue weighted by atomic mass is 16.5. The van der Waals surface area contributed by atoms with E-state index in [9.17, 15) is 4.79 Å². The Morgan fingerprint density at radius 2 is 2.27 bits per heavy atom. The first-order chi connectivity index (χ1) is 10.8. The quantitative estimate of drug-likeness (QED) is 0.898. The Labute approximate surface area is 130 Å². The molecule has 3 rings (SSSR count). The van der Waals surface area contributed by atoms with E-state index in [0.717, 1.165) is 43.1 Å². The van der Waals surface area contributed by atoms with Gasteiger partial charge >= 0.3 is 6.03 Å². The van der Waals surface area contributed by atoms with Crippen molar-refractivity contribution in [2.24, 2.45) is 0 Å². The zero-order valence-electron chi connectivity index (χ0n) is 12.8. The van der Waals surface area contributed by atoms with Crippen LogP contribution in [0.15, 0.2) is 18.2 Å². The van der Waals surface area contributed by atoms with E-state index in [0.29, 0.717) is 19.8 Å². The van der Waals surface area contributed by atoms with E-state index in [2.05, 4.69) is 5.32 Å². The fourth-order valence-electron chi connectivity index (χ4n) is 2.79. The molecule has 1 aromatic carbocycles. The summed E-state index contributed by atoms with van der Waals surface area (Å²) in [6, 6.07) is 5.76. The Kier molecular flexibility index (Phi) is 4.68. The number of nitrogens with zero attached hydrogens (tertiary/aromatic N) is 1. The summed E-state index contributed by atoms with van der Waals surface area (Å²) >= 11 is 0. The largest absolute Gasteiger partial charge is 0.497 e. The minimum Gasteiger partial charge on any atom is -0.497 e. The molecule has 22 heavy (non-hydrogen) atoms. The number of benzene rings is 1. The highest BCUT2D eigenvalue weighted by Crippen LogP contribution is 2.29. The number of hydrogen-bond acceptors (Lipinski definition) is 4. The topological polar surface area (TPSA) is 60.0 Å². The number of carbonyl (C=O) groups is 1. The molecule has 2 aliphatic rings. The Morgan fingerprint density at radius 3 is 3.14 bits per heavy atom. The molecule has 120 valence electrons. The van der Waals surface area contributed by atoms with Gasteiger partial charge < -0.3 is 24.4 Å². The number of fused-ring (bicyclic) bond motifs is 1. The van der Waals surface area contributed by atoms with E-state index < -0.39 is 0 Å². The third-order valence-corrected chi connectivity index (χ3v) is 4.02.